The summed E-state index contributed by atoms with van der Waals surface area (Å²) in [6.07, 6.45) is 1.44. The molecule has 25 heavy (non-hydrogen) atoms. The van der Waals surface area contributed by atoms with E-state index in [2.05, 4.69) is 36.1 Å². The molecule has 0 atom stereocenters. The van der Waals surface area contributed by atoms with Gasteiger partial charge in [-0.1, -0.05) is 29.8 Å². The fourth-order valence-corrected chi connectivity index (χ4v) is 3.20. The zero-order valence-corrected chi connectivity index (χ0v) is 15.0. The van der Waals surface area contributed by atoms with E-state index in [4.69, 9.17) is 0 Å². The van der Waals surface area contributed by atoms with Crippen molar-refractivity contribution in [2.24, 2.45) is 0 Å². The van der Waals surface area contributed by atoms with Crippen molar-refractivity contribution in [1.29, 1.82) is 0 Å². The fourth-order valence-electron chi connectivity index (χ4n) is 3.20. The van der Waals surface area contributed by atoms with Crippen LogP contribution in [-0.2, 0) is 6.54 Å². The van der Waals surface area contributed by atoms with E-state index in [0.717, 1.165) is 37.2 Å². The molecule has 0 spiro atoms. The number of aliphatic hydroxyl groups is 1. The van der Waals surface area contributed by atoms with Gasteiger partial charge in [-0.05, 0) is 49.6 Å². The second kappa shape index (κ2) is 7.70. The number of rotatable bonds is 4. The van der Waals surface area contributed by atoms with Gasteiger partial charge >= 0.3 is 0 Å². The topological polar surface area (TPSA) is 43.8 Å². The third kappa shape index (κ3) is 4.40. The number of aliphatic hydroxyl groups excluding tert-OH is 1. The molecule has 0 aromatic heterocycles. The summed E-state index contributed by atoms with van der Waals surface area (Å²) in [7, 11) is 1.84. The van der Waals surface area contributed by atoms with Crippen molar-refractivity contribution < 1.29 is 9.90 Å². The number of aryl methyl sites for hydroxylation is 1. The molecular formula is C21H26N2O2. The normalized spacial score (nSPS) is 15.2. The highest BCUT2D eigenvalue weighted by atomic mass is 16.3. The lowest BCUT2D eigenvalue weighted by molar-refractivity contribution is 0.0785. The summed E-state index contributed by atoms with van der Waals surface area (Å²) in [6, 6.07) is 16.1. The van der Waals surface area contributed by atoms with Crippen LogP contribution in [0.15, 0.2) is 48.5 Å². The van der Waals surface area contributed by atoms with Crippen molar-refractivity contribution >= 4 is 11.6 Å². The molecule has 3 rings (SSSR count). The van der Waals surface area contributed by atoms with Crippen LogP contribution in [-0.4, -0.2) is 42.2 Å². The lowest BCUT2D eigenvalue weighted by Crippen LogP contribution is -2.35. The Labute approximate surface area is 149 Å². The molecule has 1 amide bonds. The average Bonchev–Trinajstić information content (AvgIpc) is 2.64. The second-order valence-corrected chi connectivity index (χ2v) is 6.91. The second-order valence-electron chi connectivity index (χ2n) is 6.91. The minimum atomic E-state index is -0.174. The van der Waals surface area contributed by atoms with E-state index in [1.807, 2.05) is 31.3 Å². The Balaban J connectivity index is 1.62. The van der Waals surface area contributed by atoms with E-state index in [-0.39, 0.29) is 12.0 Å². The fraction of sp³-hybridized carbons (Fsp3) is 0.381. The van der Waals surface area contributed by atoms with Crippen LogP contribution < -0.4 is 4.90 Å². The summed E-state index contributed by atoms with van der Waals surface area (Å²) < 4.78 is 0. The smallest absolute Gasteiger partial charge is 0.253 e. The van der Waals surface area contributed by atoms with Gasteiger partial charge in [0.15, 0.2) is 0 Å². The number of piperidine rings is 1. The van der Waals surface area contributed by atoms with E-state index >= 15 is 0 Å². The lowest BCUT2D eigenvalue weighted by Gasteiger charge is -2.31. The molecule has 4 heteroatoms. The van der Waals surface area contributed by atoms with Gasteiger partial charge in [0, 0.05) is 37.9 Å². The summed E-state index contributed by atoms with van der Waals surface area (Å²) in [5, 5.41) is 9.61. The molecule has 2 aromatic carbocycles. The lowest BCUT2D eigenvalue weighted by atomic mass is 10.1. The van der Waals surface area contributed by atoms with Gasteiger partial charge in [0.05, 0.1) is 6.10 Å². The Morgan fingerprint density at radius 3 is 2.28 bits per heavy atom. The maximum Gasteiger partial charge on any atom is 0.253 e. The molecule has 0 saturated carbocycles. The van der Waals surface area contributed by atoms with Gasteiger partial charge in [0.2, 0.25) is 0 Å². The van der Waals surface area contributed by atoms with Crippen molar-refractivity contribution in [2.75, 3.05) is 25.0 Å². The van der Waals surface area contributed by atoms with Crippen molar-refractivity contribution in [3.63, 3.8) is 0 Å². The Morgan fingerprint density at radius 1 is 1.08 bits per heavy atom. The van der Waals surface area contributed by atoms with Crippen molar-refractivity contribution in [3.8, 4) is 0 Å². The molecule has 2 aromatic rings. The first-order valence-electron chi connectivity index (χ1n) is 8.87. The van der Waals surface area contributed by atoms with E-state index < -0.39 is 0 Å². The largest absolute Gasteiger partial charge is 0.393 e. The number of carbonyl (C=O) groups is 1. The number of hydrogen-bond donors (Lipinski definition) is 1. The minimum absolute atomic E-state index is 0.0289. The highest BCUT2D eigenvalue weighted by Crippen LogP contribution is 2.21. The third-order valence-electron chi connectivity index (χ3n) is 4.83. The number of nitrogens with zero attached hydrogens (tertiary/aromatic N) is 2. The summed E-state index contributed by atoms with van der Waals surface area (Å²) in [6.45, 7) is 4.39. The van der Waals surface area contributed by atoms with Crippen molar-refractivity contribution in [3.05, 3.63) is 65.2 Å². The summed E-state index contributed by atoms with van der Waals surface area (Å²) in [5.74, 6) is 0.0289. The standard InChI is InChI=1S/C21H26N2O2/c1-16-3-5-17(6-4-16)15-22(2)21(25)18-7-9-19(10-8-18)23-13-11-20(24)12-14-23/h3-10,20,24H,11-15H2,1-2H3. The maximum absolute atomic E-state index is 12.6. The van der Waals surface area contributed by atoms with Gasteiger partial charge < -0.3 is 14.9 Å². The number of benzene rings is 2. The molecule has 0 bridgehead atoms. The van der Waals surface area contributed by atoms with Crippen molar-refractivity contribution in [1.82, 2.24) is 4.90 Å². The van der Waals surface area contributed by atoms with Crippen LogP contribution in [0.2, 0.25) is 0 Å². The number of anilines is 1. The first-order chi connectivity index (χ1) is 12.0. The zero-order valence-electron chi connectivity index (χ0n) is 15.0. The summed E-state index contributed by atoms with van der Waals surface area (Å²) >= 11 is 0. The molecule has 1 aliphatic rings. The van der Waals surface area contributed by atoms with Crippen LogP contribution in [0.5, 0.6) is 0 Å². The van der Waals surface area contributed by atoms with Gasteiger partial charge in [0.1, 0.15) is 0 Å². The van der Waals surface area contributed by atoms with Gasteiger partial charge in [-0.3, -0.25) is 4.79 Å². The molecule has 1 aliphatic heterocycles. The molecule has 0 aliphatic carbocycles. The van der Waals surface area contributed by atoms with E-state index in [1.165, 1.54) is 5.56 Å². The molecule has 132 valence electrons. The summed E-state index contributed by atoms with van der Waals surface area (Å²) in [4.78, 5) is 16.6. The molecule has 1 N–H and O–H groups in total. The molecule has 4 nitrogen and oxygen atoms in total. The molecule has 1 fully saturated rings. The van der Waals surface area contributed by atoms with Crippen LogP contribution >= 0.6 is 0 Å². The average molecular weight is 338 g/mol. The first-order valence-corrected chi connectivity index (χ1v) is 8.87. The Hall–Kier alpha value is -2.33. The number of carbonyl (C=O) groups excluding carboxylic acids is 1. The highest BCUT2D eigenvalue weighted by Gasteiger charge is 2.18. The highest BCUT2D eigenvalue weighted by molar-refractivity contribution is 5.94. The van der Waals surface area contributed by atoms with E-state index in [0.29, 0.717) is 12.1 Å². The van der Waals surface area contributed by atoms with Gasteiger partial charge in [-0.25, -0.2) is 0 Å². The molecule has 1 saturated heterocycles. The SMILES string of the molecule is Cc1ccc(CN(C)C(=O)c2ccc(N3CCC(O)CC3)cc2)cc1. The minimum Gasteiger partial charge on any atom is -0.393 e. The van der Waals surface area contributed by atoms with Crippen LogP contribution in [0.25, 0.3) is 0 Å². The quantitative estimate of drug-likeness (QED) is 0.931. The maximum atomic E-state index is 12.6. The number of hydrogen-bond acceptors (Lipinski definition) is 3. The van der Waals surface area contributed by atoms with E-state index in [9.17, 15) is 9.90 Å². The van der Waals surface area contributed by atoms with Crippen LogP contribution in [0.4, 0.5) is 5.69 Å². The summed E-state index contributed by atoms with van der Waals surface area (Å²) in [5.41, 5.74) is 4.17. The van der Waals surface area contributed by atoms with Crippen molar-refractivity contribution in [2.45, 2.75) is 32.4 Å². The predicted molar refractivity (Wildman–Crippen MR) is 101 cm³/mol. The Bertz CT molecular complexity index is 702. The monoisotopic (exact) mass is 338 g/mol. The molecule has 0 unspecified atom stereocenters. The Morgan fingerprint density at radius 2 is 1.68 bits per heavy atom. The van der Waals surface area contributed by atoms with Crippen LogP contribution in [0, 0.1) is 6.92 Å². The molecule has 0 radical (unpaired) electrons. The predicted octanol–water partition coefficient (Wildman–Crippen LogP) is 3.23. The van der Waals surface area contributed by atoms with Gasteiger partial charge in [0.25, 0.3) is 5.91 Å². The zero-order chi connectivity index (χ0) is 17.8. The van der Waals surface area contributed by atoms with E-state index in [1.54, 1.807) is 4.90 Å². The molecular weight excluding hydrogens is 312 g/mol. The van der Waals surface area contributed by atoms with Gasteiger partial charge in [-0.2, -0.15) is 0 Å². The number of amides is 1. The first kappa shape index (κ1) is 17.5. The van der Waals surface area contributed by atoms with Crippen LogP contribution in [0.1, 0.15) is 34.3 Å². The van der Waals surface area contributed by atoms with Crippen LogP contribution in [0.3, 0.4) is 0 Å². The molecule has 1 heterocycles. The third-order valence-corrected chi connectivity index (χ3v) is 4.83. The van der Waals surface area contributed by atoms with Gasteiger partial charge in [-0.15, -0.1) is 0 Å². The Kier molecular flexibility index (Phi) is 5.39.